The Morgan fingerprint density at radius 2 is 1.79 bits per heavy atom. The molecule has 2 aromatic carbocycles. The van der Waals surface area contributed by atoms with Crippen LogP contribution in [-0.2, 0) is 12.5 Å². The molecule has 11 heteroatoms. The highest BCUT2D eigenvalue weighted by Gasteiger charge is 2.38. The predicted molar refractivity (Wildman–Crippen MR) is 124 cm³/mol. The molecule has 1 aliphatic rings. The number of carbonyl (C=O) groups excluding carboxylic acids is 1. The molecule has 4 atom stereocenters. The Morgan fingerprint density at radius 3 is 2.33 bits per heavy atom. The first-order valence-corrected chi connectivity index (χ1v) is 10.7. The van der Waals surface area contributed by atoms with Crippen LogP contribution in [0.3, 0.4) is 0 Å². The third kappa shape index (κ3) is 7.62. The second-order valence-corrected chi connectivity index (χ2v) is 7.31. The number of methoxy groups -OCH3 is 2. The van der Waals surface area contributed by atoms with Crippen molar-refractivity contribution >= 4 is 34.9 Å². The number of aliphatic hydroxyl groups is 2. The molecular formula is C22H25IO10. The Labute approximate surface area is 204 Å². The third-order valence-electron chi connectivity index (χ3n) is 4.69. The lowest BCUT2D eigenvalue weighted by Gasteiger charge is -2.36. The normalized spacial score (nSPS) is 22.0. The van der Waals surface area contributed by atoms with Gasteiger partial charge in [-0.2, -0.15) is 0 Å². The van der Waals surface area contributed by atoms with Crippen molar-refractivity contribution in [1.82, 2.24) is 0 Å². The molecule has 1 aliphatic heterocycles. The molecule has 3 rings (SSSR count). The second-order valence-electron chi connectivity index (χ2n) is 6.80. The molecule has 1 saturated heterocycles. The lowest BCUT2D eigenvalue weighted by Crippen LogP contribution is -2.50. The number of carboxylic acids is 1. The first-order valence-electron chi connectivity index (χ1n) is 9.77. The fraction of sp³-hybridized carbons (Fsp3) is 0.364. The van der Waals surface area contributed by atoms with Crippen LogP contribution in [-0.4, -0.2) is 72.7 Å². The number of ether oxygens (including phenoxy) is 4. The van der Waals surface area contributed by atoms with Gasteiger partial charge in [0, 0.05) is 13.5 Å². The Hall–Kier alpha value is -2.29. The SMILES string of the molecule is CO[C@@H]1CC(OI)[C@H](O)C(CO)O1.COc1cc(C(=O)O)ccc1OC(=O)c1ccccc1. The largest absolute Gasteiger partial charge is 0.493 e. The fourth-order valence-electron chi connectivity index (χ4n) is 2.91. The summed E-state index contributed by atoms with van der Waals surface area (Å²) in [6.45, 7) is -0.239. The van der Waals surface area contributed by atoms with E-state index in [0.717, 1.165) is 0 Å². The lowest BCUT2D eigenvalue weighted by atomic mass is 10.0. The average molecular weight is 576 g/mol. The maximum absolute atomic E-state index is 11.9. The van der Waals surface area contributed by atoms with Gasteiger partial charge >= 0.3 is 11.9 Å². The zero-order valence-electron chi connectivity index (χ0n) is 17.9. The maximum Gasteiger partial charge on any atom is 0.343 e. The summed E-state index contributed by atoms with van der Waals surface area (Å²) < 4.78 is 25.4. The summed E-state index contributed by atoms with van der Waals surface area (Å²) in [5.41, 5.74) is 0.457. The van der Waals surface area contributed by atoms with Crippen molar-refractivity contribution < 1.29 is 46.9 Å². The van der Waals surface area contributed by atoms with E-state index in [1.54, 1.807) is 53.3 Å². The van der Waals surface area contributed by atoms with Crippen LogP contribution >= 0.6 is 23.0 Å². The number of hydrogen-bond acceptors (Lipinski definition) is 9. The van der Waals surface area contributed by atoms with Crippen molar-refractivity contribution in [3.63, 3.8) is 0 Å². The molecule has 0 spiro atoms. The number of esters is 1. The van der Waals surface area contributed by atoms with Gasteiger partial charge in [-0.1, -0.05) is 18.2 Å². The highest BCUT2D eigenvalue weighted by atomic mass is 127. The third-order valence-corrected chi connectivity index (χ3v) is 5.35. The molecule has 10 nitrogen and oxygen atoms in total. The van der Waals surface area contributed by atoms with Crippen LogP contribution in [0, 0.1) is 0 Å². The molecule has 0 aromatic heterocycles. The minimum absolute atomic E-state index is 0.0568. The molecule has 180 valence electrons. The van der Waals surface area contributed by atoms with Gasteiger partial charge in [-0.3, -0.25) is 0 Å². The first kappa shape index (κ1) is 27.0. The van der Waals surface area contributed by atoms with Crippen molar-refractivity contribution in [2.24, 2.45) is 0 Å². The van der Waals surface area contributed by atoms with Crippen LogP contribution in [0.4, 0.5) is 0 Å². The van der Waals surface area contributed by atoms with E-state index in [4.69, 9.17) is 32.2 Å². The maximum atomic E-state index is 11.9. The molecule has 0 saturated carbocycles. The second kappa shape index (κ2) is 13.4. The van der Waals surface area contributed by atoms with Crippen molar-refractivity contribution in [1.29, 1.82) is 0 Å². The summed E-state index contributed by atoms with van der Waals surface area (Å²) in [6.07, 6.45) is -1.72. The van der Waals surface area contributed by atoms with Crippen LogP contribution in [0.1, 0.15) is 27.1 Å². The zero-order chi connectivity index (χ0) is 24.4. The topological polar surface area (TPSA) is 141 Å². The van der Waals surface area contributed by atoms with E-state index in [1.165, 1.54) is 32.4 Å². The molecule has 0 radical (unpaired) electrons. The highest BCUT2D eigenvalue weighted by Crippen LogP contribution is 2.29. The van der Waals surface area contributed by atoms with E-state index in [1.807, 2.05) is 0 Å². The van der Waals surface area contributed by atoms with Crippen molar-refractivity contribution in [3.05, 3.63) is 59.7 Å². The molecule has 1 heterocycles. The Morgan fingerprint density at radius 1 is 1.09 bits per heavy atom. The lowest BCUT2D eigenvalue weighted by molar-refractivity contribution is -0.241. The molecule has 1 fully saturated rings. The predicted octanol–water partition coefficient (Wildman–Crippen LogP) is 2.45. The molecule has 3 N–H and O–H groups in total. The molecular weight excluding hydrogens is 551 g/mol. The Bertz CT molecular complexity index is 893. The van der Waals surface area contributed by atoms with Gasteiger partial charge in [-0.15, -0.1) is 0 Å². The van der Waals surface area contributed by atoms with Gasteiger partial charge in [-0.25, -0.2) is 9.59 Å². The number of carbonyl (C=O) groups is 2. The molecule has 0 amide bonds. The first-order chi connectivity index (χ1) is 15.8. The van der Waals surface area contributed by atoms with Crippen molar-refractivity contribution in [3.8, 4) is 11.5 Å². The molecule has 0 aliphatic carbocycles. The summed E-state index contributed by atoms with van der Waals surface area (Å²) >= 11 is 1.72. The van der Waals surface area contributed by atoms with Crippen molar-refractivity contribution in [2.75, 3.05) is 20.8 Å². The van der Waals surface area contributed by atoms with E-state index in [-0.39, 0.29) is 29.8 Å². The van der Waals surface area contributed by atoms with Crippen LogP contribution in [0.5, 0.6) is 11.5 Å². The quantitative estimate of drug-likeness (QED) is 0.256. The molecule has 2 unspecified atom stereocenters. The number of rotatable bonds is 7. The van der Waals surface area contributed by atoms with E-state index in [0.29, 0.717) is 12.0 Å². The average Bonchev–Trinajstić information content (AvgIpc) is 2.85. The highest BCUT2D eigenvalue weighted by molar-refractivity contribution is 14.1. The molecule has 0 bridgehead atoms. The number of carboxylic acid groups (broad SMARTS) is 1. The van der Waals surface area contributed by atoms with Crippen molar-refractivity contribution in [2.45, 2.75) is 31.0 Å². The summed E-state index contributed by atoms with van der Waals surface area (Å²) in [6, 6.07) is 12.5. The van der Waals surface area contributed by atoms with Gasteiger partial charge in [-0.05, 0) is 30.3 Å². The molecule has 33 heavy (non-hydrogen) atoms. The molecule has 2 aromatic rings. The smallest absolute Gasteiger partial charge is 0.343 e. The number of halogens is 1. The number of aromatic carboxylic acids is 1. The van der Waals surface area contributed by atoms with Gasteiger partial charge in [0.25, 0.3) is 0 Å². The summed E-state index contributed by atoms with van der Waals surface area (Å²) in [5.74, 6) is -1.25. The Balaban J connectivity index is 0.000000257. The monoisotopic (exact) mass is 576 g/mol. The van der Waals surface area contributed by atoms with E-state index in [9.17, 15) is 14.7 Å². The van der Waals surface area contributed by atoms with Gasteiger partial charge < -0.3 is 37.3 Å². The Kier molecular flexibility index (Phi) is 11.0. The minimum atomic E-state index is -1.08. The summed E-state index contributed by atoms with van der Waals surface area (Å²) in [5, 5.41) is 27.4. The number of aliphatic hydroxyl groups excluding tert-OH is 2. The zero-order valence-corrected chi connectivity index (χ0v) is 20.1. The standard InChI is InChI=1S/C15H12O5.C7H13IO5/c1-19-13-9-11(14(16)17)7-8-12(13)20-15(18)10-5-3-2-4-6-10;1-11-6-2-4(13-8)7(10)5(3-9)12-6/h2-9H,1H3,(H,16,17);4-7,9-10H,2-3H2,1H3/t;4?,5?,6-,7-/m.0/s1. The fourth-order valence-corrected chi connectivity index (χ4v) is 3.42. The summed E-state index contributed by atoms with van der Waals surface area (Å²) in [7, 11) is 2.89. The van der Waals surface area contributed by atoms with Gasteiger partial charge in [0.1, 0.15) is 41.3 Å². The van der Waals surface area contributed by atoms with Crippen LogP contribution in [0.25, 0.3) is 0 Å². The van der Waals surface area contributed by atoms with Crippen LogP contribution in [0.2, 0.25) is 0 Å². The van der Waals surface area contributed by atoms with Gasteiger partial charge in [0.2, 0.25) is 0 Å². The number of hydrogen-bond donors (Lipinski definition) is 3. The van der Waals surface area contributed by atoms with E-state index in [2.05, 4.69) is 0 Å². The summed E-state index contributed by atoms with van der Waals surface area (Å²) in [4.78, 5) is 22.8. The van der Waals surface area contributed by atoms with Gasteiger partial charge in [0.15, 0.2) is 17.8 Å². The van der Waals surface area contributed by atoms with Gasteiger partial charge in [0.05, 0.1) is 24.8 Å². The number of benzene rings is 2. The van der Waals surface area contributed by atoms with Crippen LogP contribution in [0.15, 0.2) is 48.5 Å². The van der Waals surface area contributed by atoms with Crippen LogP contribution < -0.4 is 9.47 Å². The van der Waals surface area contributed by atoms with E-state index >= 15 is 0 Å². The van der Waals surface area contributed by atoms with E-state index < -0.39 is 30.4 Å². The minimum Gasteiger partial charge on any atom is -0.493 e.